The first-order valence-corrected chi connectivity index (χ1v) is 6.60. The molecule has 0 aliphatic rings. The largest absolute Gasteiger partial charge is 0.382 e. The zero-order chi connectivity index (χ0) is 14.1. The predicted molar refractivity (Wildman–Crippen MR) is 80.1 cm³/mol. The molecule has 0 atom stereocenters. The van der Waals surface area contributed by atoms with E-state index in [2.05, 4.69) is 58.5 Å². The van der Waals surface area contributed by atoms with E-state index in [4.69, 9.17) is 5.73 Å². The molecule has 2 aromatic heterocycles. The van der Waals surface area contributed by atoms with Gasteiger partial charge in [-0.3, -0.25) is 10.2 Å². The SMILES string of the molecule is CC(C)c1ccc(-c2c(N)n[nH]c2-c2cn[nH]c2)cc1. The molecule has 4 N–H and O–H groups in total. The van der Waals surface area contributed by atoms with Crippen molar-refractivity contribution in [1.29, 1.82) is 0 Å². The number of benzene rings is 1. The summed E-state index contributed by atoms with van der Waals surface area (Å²) in [5.74, 6) is 1.01. The van der Waals surface area contributed by atoms with E-state index in [9.17, 15) is 0 Å². The van der Waals surface area contributed by atoms with Gasteiger partial charge in [-0.1, -0.05) is 38.1 Å². The number of rotatable bonds is 3. The number of nitrogens with one attached hydrogen (secondary N) is 2. The van der Waals surface area contributed by atoms with Crippen LogP contribution in [-0.2, 0) is 0 Å². The quantitative estimate of drug-likeness (QED) is 0.681. The Morgan fingerprint density at radius 3 is 2.45 bits per heavy atom. The van der Waals surface area contributed by atoms with Crippen molar-refractivity contribution in [2.75, 3.05) is 5.73 Å². The number of nitrogens with two attached hydrogens (primary N) is 1. The van der Waals surface area contributed by atoms with Crippen LogP contribution in [0, 0.1) is 0 Å². The molecule has 0 unspecified atom stereocenters. The Morgan fingerprint density at radius 2 is 1.85 bits per heavy atom. The maximum absolute atomic E-state index is 6.00. The molecule has 0 aliphatic carbocycles. The molecule has 20 heavy (non-hydrogen) atoms. The van der Waals surface area contributed by atoms with Gasteiger partial charge in [0.25, 0.3) is 0 Å². The third kappa shape index (κ3) is 2.07. The minimum Gasteiger partial charge on any atom is -0.382 e. The zero-order valence-corrected chi connectivity index (χ0v) is 11.5. The van der Waals surface area contributed by atoms with Crippen LogP contribution >= 0.6 is 0 Å². The number of hydrogen-bond donors (Lipinski definition) is 3. The van der Waals surface area contributed by atoms with E-state index < -0.39 is 0 Å². The molecule has 2 heterocycles. The molecular weight excluding hydrogens is 250 g/mol. The number of nitrogens with zero attached hydrogens (tertiary/aromatic N) is 2. The van der Waals surface area contributed by atoms with E-state index >= 15 is 0 Å². The summed E-state index contributed by atoms with van der Waals surface area (Å²) >= 11 is 0. The van der Waals surface area contributed by atoms with Gasteiger partial charge >= 0.3 is 0 Å². The van der Waals surface area contributed by atoms with Crippen LogP contribution in [0.3, 0.4) is 0 Å². The van der Waals surface area contributed by atoms with Crippen LogP contribution in [0.15, 0.2) is 36.7 Å². The van der Waals surface area contributed by atoms with Crippen LogP contribution in [0.5, 0.6) is 0 Å². The lowest BCUT2D eigenvalue weighted by Gasteiger charge is -2.07. The summed E-state index contributed by atoms with van der Waals surface area (Å²) in [7, 11) is 0. The highest BCUT2D eigenvalue weighted by atomic mass is 15.2. The Bertz CT molecular complexity index is 692. The maximum atomic E-state index is 6.00. The second kappa shape index (κ2) is 4.85. The highest BCUT2D eigenvalue weighted by Gasteiger charge is 2.15. The second-order valence-electron chi connectivity index (χ2n) is 5.12. The average molecular weight is 267 g/mol. The van der Waals surface area contributed by atoms with Gasteiger partial charge in [-0.25, -0.2) is 0 Å². The molecule has 102 valence electrons. The van der Waals surface area contributed by atoms with Gasteiger partial charge in [0.15, 0.2) is 5.82 Å². The number of aromatic amines is 2. The lowest BCUT2D eigenvalue weighted by Crippen LogP contribution is -1.90. The van der Waals surface area contributed by atoms with E-state index in [1.807, 2.05) is 6.20 Å². The number of nitrogen functional groups attached to an aromatic ring is 1. The molecule has 1 aromatic carbocycles. The zero-order valence-electron chi connectivity index (χ0n) is 11.5. The molecule has 3 aromatic rings. The van der Waals surface area contributed by atoms with Gasteiger partial charge in [0.1, 0.15) is 0 Å². The Balaban J connectivity index is 2.08. The molecule has 0 saturated carbocycles. The van der Waals surface area contributed by atoms with Crippen LogP contribution in [0.25, 0.3) is 22.4 Å². The van der Waals surface area contributed by atoms with E-state index in [1.165, 1.54) is 5.56 Å². The number of hydrogen-bond acceptors (Lipinski definition) is 3. The molecule has 0 amide bonds. The average Bonchev–Trinajstić information content (AvgIpc) is 3.07. The van der Waals surface area contributed by atoms with Crippen molar-refractivity contribution < 1.29 is 0 Å². The Labute approximate surface area is 117 Å². The number of anilines is 1. The van der Waals surface area contributed by atoms with Gasteiger partial charge in [0, 0.05) is 11.8 Å². The molecule has 0 bridgehead atoms. The van der Waals surface area contributed by atoms with Crippen LogP contribution in [-0.4, -0.2) is 20.4 Å². The van der Waals surface area contributed by atoms with E-state index in [1.54, 1.807) is 6.20 Å². The minimum atomic E-state index is 0.499. The third-order valence-electron chi connectivity index (χ3n) is 3.45. The Hall–Kier alpha value is -2.56. The predicted octanol–water partition coefficient (Wildman–Crippen LogP) is 3.17. The van der Waals surface area contributed by atoms with Gasteiger partial charge < -0.3 is 5.73 Å². The molecule has 5 heteroatoms. The summed E-state index contributed by atoms with van der Waals surface area (Å²) in [6.07, 6.45) is 3.57. The summed E-state index contributed by atoms with van der Waals surface area (Å²) in [6, 6.07) is 8.43. The van der Waals surface area contributed by atoms with Crippen molar-refractivity contribution >= 4 is 5.82 Å². The van der Waals surface area contributed by atoms with E-state index in [0.717, 1.165) is 22.4 Å². The fourth-order valence-corrected chi connectivity index (χ4v) is 2.28. The summed E-state index contributed by atoms with van der Waals surface area (Å²) < 4.78 is 0. The molecule has 0 saturated heterocycles. The van der Waals surface area contributed by atoms with Crippen molar-refractivity contribution in [2.24, 2.45) is 0 Å². The van der Waals surface area contributed by atoms with Crippen molar-refractivity contribution in [3.05, 3.63) is 42.2 Å². The fraction of sp³-hybridized carbons (Fsp3) is 0.200. The van der Waals surface area contributed by atoms with Gasteiger partial charge in [-0.05, 0) is 17.0 Å². The highest BCUT2D eigenvalue weighted by Crippen LogP contribution is 2.34. The fourth-order valence-electron chi connectivity index (χ4n) is 2.28. The molecule has 0 aliphatic heterocycles. The number of H-pyrrole nitrogens is 2. The Morgan fingerprint density at radius 1 is 1.10 bits per heavy atom. The van der Waals surface area contributed by atoms with E-state index in [0.29, 0.717) is 11.7 Å². The second-order valence-corrected chi connectivity index (χ2v) is 5.12. The lowest BCUT2D eigenvalue weighted by molar-refractivity contribution is 0.867. The van der Waals surface area contributed by atoms with Gasteiger partial charge in [0.2, 0.25) is 0 Å². The van der Waals surface area contributed by atoms with Crippen molar-refractivity contribution in [2.45, 2.75) is 19.8 Å². The minimum absolute atomic E-state index is 0.499. The van der Waals surface area contributed by atoms with Gasteiger partial charge in [-0.2, -0.15) is 10.2 Å². The van der Waals surface area contributed by atoms with Crippen molar-refractivity contribution in [3.63, 3.8) is 0 Å². The topological polar surface area (TPSA) is 83.4 Å². The van der Waals surface area contributed by atoms with Crippen molar-refractivity contribution in [3.8, 4) is 22.4 Å². The van der Waals surface area contributed by atoms with Crippen LogP contribution in [0.4, 0.5) is 5.82 Å². The standard InChI is InChI=1S/C15H17N5/c1-9(2)10-3-5-11(6-4-10)13-14(19-20-15(13)16)12-7-17-18-8-12/h3-9H,1-2H3,(H,17,18)(H3,16,19,20). The molecule has 0 spiro atoms. The lowest BCUT2D eigenvalue weighted by atomic mass is 9.97. The molecule has 3 rings (SSSR count). The third-order valence-corrected chi connectivity index (χ3v) is 3.45. The first-order chi connectivity index (χ1) is 9.66. The van der Waals surface area contributed by atoms with Crippen LogP contribution in [0.1, 0.15) is 25.3 Å². The monoisotopic (exact) mass is 267 g/mol. The highest BCUT2D eigenvalue weighted by molar-refractivity contribution is 5.87. The van der Waals surface area contributed by atoms with Crippen LogP contribution < -0.4 is 5.73 Å². The van der Waals surface area contributed by atoms with Gasteiger partial charge in [-0.15, -0.1) is 0 Å². The summed E-state index contributed by atoms with van der Waals surface area (Å²) in [6.45, 7) is 4.36. The molecule has 5 nitrogen and oxygen atoms in total. The first-order valence-electron chi connectivity index (χ1n) is 6.60. The molecular formula is C15H17N5. The Kier molecular flexibility index (Phi) is 3.02. The maximum Gasteiger partial charge on any atom is 0.153 e. The number of aromatic nitrogens is 4. The smallest absolute Gasteiger partial charge is 0.153 e. The first kappa shape index (κ1) is 12.5. The van der Waals surface area contributed by atoms with Crippen LogP contribution in [0.2, 0.25) is 0 Å². The summed E-state index contributed by atoms with van der Waals surface area (Å²) in [4.78, 5) is 0. The molecule has 0 fully saturated rings. The normalized spacial score (nSPS) is 11.2. The van der Waals surface area contributed by atoms with Crippen molar-refractivity contribution in [1.82, 2.24) is 20.4 Å². The summed E-state index contributed by atoms with van der Waals surface area (Å²) in [5, 5.41) is 13.9. The summed E-state index contributed by atoms with van der Waals surface area (Å²) in [5.41, 5.74) is 11.1. The molecule has 0 radical (unpaired) electrons. The van der Waals surface area contributed by atoms with Gasteiger partial charge in [0.05, 0.1) is 17.5 Å². The van der Waals surface area contributed by atoms with E-state index in [-0.39, 0.29) is 0 Å².